The lowest BCUT2D eigenvalue weighted by Crippen LogP contribution is -2.58. The van der Waals surface area contributed by atoms with Crippen molar-refractivity contribution < 1.29 is 14.6 Å². The van der Waals surface area contributed by atoms with Gasteiger partial charge in [0.15, 0.2) is 0 Å². The number of rotatable bonds is 5. The molecule has 5 fully saturated rings. The molecule has 4 saturated carbocycles. The molecule has 0 aromatic heterocycles. The number of hydrogen-bond donors (Lipinski definition) is 1. The minimum absolute atomic E-state index is 0.196. The van der Waals surface area contributed by atoms with Gasteiger partial charge in [-0.1, -0.05) is 13.8 Å². The summed E-state index contributed by atoms with van der Waals surface area (Å²) in [5, 5.41) is 11.3. The summed E-state index contributed by atoms with van der Waals surface area (Å²) in [4.78, 5) is 16.1. The van der Waals surface area contributed by atoms with Gasteiger partial charge in [0, 0.05) is 25.1 Å². The Hall–Kier alpha value is -0.610. The second-order valence-electron chi connectivity index (χ2n) is 13.4. The van der Waals surface area contributed by atoms with Gasteiger partial charge in [-0.2, -0.15) is 0 Å². The highest BCUT2D eigenvalue weighted by molar-refractivity contribution is 5.80. The first-order valence-electron chi connectivity index (χ1n) is 14.9. The molecule has 1 heterocycles. The van der Waals surface area contributed by atoms with Gasteiger partial charge >= 0.3 is 0 Å². The Bertz CT molecular complexity index is 755. The Morgan fingerprint density at radius 1 is 1.00 bits per heavy atom. The Morgan fingerprint density at radius 3 is 2.56 bits per heavy atom. The van der Waals surface area contributed by atoms with E-state index in [0.717, 1.165) is 44.1 Å². The largest absolute Gasteiger partial charge is 0.387 e. The first-order valence-corrected chi connectivity index (χ1v) is 14.9. The molecule has 1 saturated heterocycles. The Morgan fingerprint density at radius 2 is 1.82 bits per heavy atom. The summed E-state index contributed by atoms with van der Waals surface area (Å²) in [6.07, 6.45) is 15.4. The smallest absolute Gasteiger partial charge is 0.226 e. The third-order valence-corrected chi connectivity index (χ3v) is 12.1. The quantitative estimate of drug-likeness (QED) is 0.517. The van der Waals surface area contributed by atoms with Gasteiger partial charge in [0.2, 0.25) is 5.91 Å². The molecule has 1 amide bonds. The van der Waals surface area contributed by atoms with E-state index in [0.29, 0.717) is 42.4 Å². The van der Waals surface area contributed by atoms with Gasteiger partial charge in [-0.25, -0.2) is 0 Å². The summed E-state index contributed by atoms with van der Waals surface area (Å²) in [5.41, 5.74) is -0.0287. The van der Waals surface area contributed by atoms with Crippen molar-refractivity contribution in [3.63, 3.8) is 0 Å². The standard InChI is InChI=1S/C30H51NO3/c1-5-30-17-16-29(33,20-34-6-2)19-22(30)10-11-23-24-12-13-26(28(24,4)15-14-25(23)30)27(32)31-18-8-7-9-21(31)3/h21-26,33H,5-20H2,1-4H3/t21?,22-,23-,24-,25-,26+,28-,29+,30-/m0/s1. The van der Waals surface area contributed by atoms with Gasteiger partial charge in [0.25, 0.3) is 0 Å². The van der Waals surface area contributed by atoms with E-state index in [1.165, 1.54) is 57.8 Å². The highest BCUT2D eigenvalue weighted by Crippen LogP contribution is 2.69. The SMILES string of the molecule is CCOC[C@@]1(O)CC[C@@]2(CC)[C@@H](CC[C@H]3[C@@H]4CC[C@H](C(=O)N5CCCCC5C)[C@@]4(C)CC[C@@H]32)C1. The van der Waals surface area contributed by atoms with E-state index in [4.69, 9.17) is 4.74 Å². The van der Waals surface area contributed by atoms with E-state index < -0.39 is 5.60 Å². The van der Waals surface area contributed by atoms with Crippen LogP contribution in [0.25, 0.3) is 0 Å². The number of likely N-dealkylation sites (tertiary alicyclic amines) is 1. The van der Waals surface area contributed by atoms with Crippen molar-refractivity contribution in [2.24, 2.45) is 40.4 Å². The fourth-order valence-corrected chi connectivity index (χ4v) is 10.3. The third-order valence-electron chi connectivity index (χ3n) is 12.1. The lowest BCUT2D eigenvalue weighted by Gasteiger charge is -2.63. The second kappa shape index (κ2) is 9.36. The van der Waals surface area contributed by atoms with Crippen LogP contribution in [0.3, 0.4) is 0 Å². The first-order chi connectivity index (χ1) is 16.3. The third kappa shape index (κ3) is 3.88. The van der Waals surface area contributed by atoms with Crippen molar-refractivity contribution >= 4 is 5.91 Å². The van der Waals surface area contributed by atoms with Gasteiger partial charge in [0.05, 0.1) is 12.2 Å². The van der Waals surface area contributed by atoms with Crippen LogP contribution in [0, 0.1) is 40.4 Å². The zero-order chi connectivity index (χ0) is 24.1. The van der Waals surface area contributed by atoms with E-state index in [-0.39, 0.29) is 11.3 Å². The van der Waals surface area contributed by atoms with Crippen LogP contribution in [-0.4, -0.2) is 47.3 Å². The molecule has 1 aliphatic heterocycles. The molecule has 1 N–H and O–H groups in total. The molecule has 9 atom stereocenters. The maximum Gasteiger partial charge on any atom is 0.226 e. The predicted molar refractivity (Wildman–Crippen MR) is 136 cm³/mol. The molecule has 194 valence electrons. The monoisotopic (exact) mass is 473 g/mol. The molecule has 34 heavy (non-hydrogen) atoms. The Labute approximate surface area is 208 Å². The number of nitrogens with zero attached hydrogens (tertiary/aromatic N) is 1. The van der Waals surface area contributed by atoms with Gasteiger partial charge in [0.1, 0.15) is 0 Å². The number of carbonyl (C=O) groups excluding carboxylic acids is 1. The number of piperidine rings is 1. The lowest BCUT2D eigenvalue weighted by molar-refractivity contribution is -0.175. The summed E-state index contributed by atoms with van der Waals surface area (Å²) in [7, 11) is 0. The summed E-state index contributed by atoms with van der Waals surface area (Å²) < 4.78 is 5.70. The minimum Gasteiger partial charge on any atom is -0.387 e. The van der Waals surface area contributed by atoms with E-state index in [1.807, 2.05) is 6.92 Å². The average Bonchev–Trinajstić information content (AvgIpc) is 3.19. The predicted octanol–water partition coefficient (Wildman–Crippen LogP) is 6.20. The molecule has 4 heteroatoms. The molecule has 4 aliphatic carbocycles. The van der Waals surface area contributed by atoms with Crippen LogP contribution in [0.4, 0.5) is 0 Å². The van der Waals surface area contributed by atoms with E-state index in [1.54, 1.807) is 0 Å². The highest BCUT2D eigenvalue weighted by atomic mass is 16.5. The van der Waals surface area contributed by atoms with Crippen LogP contribution in [-0.2, 0) is 9.53 Å². The van der Waals surface area contributed by atoms with E-state index in [2.05, 4.69) is 25.7 Å². The Balaban J connectivity index is 1.34. The van der Waals surface area contributed by atoms with E-state index >= 15 is 0 Å². The molecular weight excluding hydrogens is 422 g/mol. The molecule has 0 aromatic rings. The van der Waals surface area contributed by atoms with Gasteiger partial charge in [-0.3, -0.25) is 4.79 Å². The number of aliphatic hydroxyl groups is 1. The molecule has 5 aliphatic rings. The molecule has 0 bridgehead atoms. The summed E-state index contributed by atoms with van der Waals surface area (Å²) in [6, 6.07) is 0.428. The molecule has 1 unspecified atom stereocenters. The summed E-state index contributed by atoms with van der Waals surface area (Å²) in [5.74, 6) is 3.66. The van der Waals surface area contributed by atoms with Gasteiger partial charge in [-0.05, 0) is 132 Å². The number of fused-ring (bicyclic) bond motifs is 5. The normalized spacial score (nSPS) is 48.7. The van der Waals surface area contributed by atoms with Crippen LogP contribution in [0.1, 0.15) is 111 Å². The lowest BCUT2D eigenvalue weighted by atomic mass is 9.42. The van der Waals surface area contributed by atoms with Crippen LogP contribution in [0.15, 0.2) is 0 Å². The van der Waals surface area contributed by atoms with Crippen LogP contribution in [0.5, 0.6) is 0 Å². The number of ether oxygens (including phenoxy) is 1. The van der Waals surface area contributed by atoms with Crippen molar-refractivity contribution in [3.05, 3.63) is 0 Å². The zero-order valence-electron chi connectivity index (χ0n) is 22.5. The molecule has 0 spiro atoms. The van der Waals surface area contributed by atoms with Crippen molar-refractivity contribution in [3.8, 4) is 0 Å². The van der Waals surface area contributed by atoms with Gasteiger partial charge < -0.3 is 14.7 Å². The van der Waals surface area contributed by atoms with E-state index in [9.17, 15) is 9.90 Å². The minimum atomic E-state index is -0.620. The Kier molecular flexibility index (Phi) is 6.90. The maximum atomic E-state index is 13.8. The fourth-order valence-electron chi connectivity index (χ4n) is 10.3. The van der Waals surface area contributed by atoms with Crippen molar-refractivity contribution in [2.45, 2.75) is 123 Å². The molecule has 4 nitrogen and oxygen atoms in total. The van der Waals surface area contributed by atoms with Crippen LogP contribution in [0.2, 0.25) is 0 Å². The second-order valence-corrected chi connectivity index (χ2v) is 13.4. The molecule has 0 aromatic carbocycles. The van der Waals surface area contributed by atoms with Crippen molar-refractivity contribution in [2.75, 3.05) is 19.8 Å². The topological polar surface area (TPSA) is 49.8 Å². The number of carbonyl (C=O) groups is 1. The highest BCUT2D eigenvalue weighted by Gasteiger charge is 2.63. The first kappa shape index (κ1) is 25.1. The fraction of sp³-hybridized carbons (Fsp3) is 0.967. The molecule has 0 radical (unpaired) electrons. The number of hydrogen-bond acceptors (Lipinski definition) is 3. The van der Waals surface area contributed by atoms with Crippen LogP contribution < -0.4 is 0 Å². The van der Waals surface area contributed by atoms with Crippen molar-refractivity contribution in [1.82, 2.24) is 4.90 Å². The zero-order valence-corrected chi connectivity index (χ0v) is 22.5. The number of amides is 1. The average molecular weight is 474 g/mol. The van der Waals surface area contributed by atoms with Crippen molar-refractivity contribution in [1.29, 1.82) is 0 Å². The van der Waals surface area contributed by atoms with Crippen LogP contribution >= 0.6 is 0 Å². The van der Waals surface area contributed by atoms with Gasteiger partial charge in [-0.15, -0.1) is 0 Å². The maximum absolute atomic E-state index is 13.8. The summed E-state index contributed by atoms with van der Waals surface area (Å²) >= 11 is 0. The summed E-state index contributed by atoms with van der Waals surface area (Å²) in [6.45, 7) is 11.4. The molecule has 5 rings (SSSR count). The molecular formula is C30H51NO3.